The second-order valence-electron chi connectivity index (χ2n) is 5.42. The fourth-order valence-corrected chi connectivity index (χ4v) is 2.33. The summed E-state index contributed by atoms with van der Waals surface area (Å²) in [5, 5.41) is 8.94. The van der Waals surface area contributed by atoms with Gasteiger partial charge < -0.3 is 10.0 Å². The highest BCUT2D eigenvalue weighted by Gasteiger charge is 2.37. The molecule has 0 aliphatic carbocycles. The molecule has 1 amide bonds. The van der Waals surface area contributed by atoms with E-state index in [0.29, 0.717) is 13.1 Å². The van der Waals surface area contributed by atoms with Gasteiger partial charge in [0.15, 0.2) is 0 Å². The van der Waals surface area contributed by atoms with E-state index in [2.05, 4.69) is 0 Å². The van der Waals surface area contributed by atoms with Crippen molar-refractivity contribution in [2.45, 2.75) is 20.8 Å². The van der Waals surface area contributed by atoms with Crippen molar-refractivity contribution in [2.24, 2.45) is 11.8 Å². The number of likely N-dealkylation sites (tertiary alicyclic amines) is 1. The number of hydrogen-bond acceptors (Lipinski definition) is 2. The summed E-state index contributed by atoms with van der Waals surface area (Å²) in [7, 11) is 0. The number of aliphatic carboxylic acids is 1. The molecule has 0 saturated carbocycles. The predicted molar refractivity (Wildman–Crippen MR) is 72.1 cm³/mol. The average molecular weight is 261 g/mol. The maximum absolute atomic E-state index is 12.3. The molecular weight excluding hydrogens is 242 g/mol. The zero-order valence-electron chi connectivity index (χ0n) is 11.5. The first kappa shape index (κ1) is 13.6. The predicted octanol–water partition coefficient (Wildman–Crippen LogP) is 2.10. The first-order valence-electron chi connectivity index (χ1n) is 6.49. The van der Waals surface area contributed by atoms with E-state index in [0.717, 1.165) is 16.7 Å². The van der Waals surface area contributed by atoms with Crippen molar-refractivity contribution >= 4 is 11.9 Å². The SMILES string of the molecule is Cc1ccc(C)c(C(=O)N2CC(C(C)C(=O)O)C2)c1. The number of nitrogens with zero attached hydrogens (tertiary/aromatic N) is 1. The molecule has 0 bridgehead atoms. The van der Waals surface area contributed by atoms with Gasteiger partial charge in [-0.3, -0.25) is 9.59 Å². The van der Waals surface area contributed by atoms with Crippen LogP contribution < -0.4 is 0 Å². The maximum atomic E-state index is 12.3. The Balaban J connectivity index is 2.04. The summed E-state index contributed by atoms with van der Waals surface area (Å²) in [6.45, 7) is 6.66. The molecule has 2 rings (SSSR count). The minimum absolute atomic E-state index is 0.00930. The quantitative estimate of drug-likeness (QED) is 0.906. The molecule has 1 aliphatic heterocycles. The molecule has 19 heavy (non-hydrogen) atoms. The summed E-state index contributed by atoms with van der Waals surface area (Å²) in [5.74, 6) is -1.09. The molecule has 1 saturated heterocycles. The fourth-order valence-electron chi connectivity index (χ4n) is 2.33. The van der Waals surface area contributed by atoms with Crippen LogP contribution in [0.25, 0.3) is 0 Å². The Labute approximate surface area is 113 Å². The largest absolute Gasteiger partial charge is 0.481 e. The van der Waals surface area contributed by atoms with Crippen LogP contribution in [-0.2, 0) is 4.79 Å². The molecule has 1 heterocycles. The topological polar surface area (TPSA) is 57.6 Å². The van der Waals surface area contributed by atoms with E-state index in [9.17, 15) is 9.59 Å². The summed E-state index contributed by atoms with van der Waals surface area (Å²) >= 11 is 0. The van der Waals surface area contributed by atoms with Gasteiger partial charge in [-0.25, -0.2) is 0 Å². The van der Waals surface area contributed by atoms with Crippen molar-refractivity contribution in [3.63, 3.8) is 0 Å². The van der Waals surface area contributed by atoms with Crippen molar-refractivity contribution < 1.29 is 14.7 Å². The van der Waals surface area contributed by atoms with E-state index >= 15 is 0 Å². The number of aryl methyl sites for hydroxylation is 2. The highest BCUT2D eigenvalue weighted by Crippen LogP contribution is 2.26. The molecule has 0 radical (unpaired) electrons. The van der Waals surface area contributed by atoms with Crippen LogP contribution in [0.15, 0.2) is 18.2 Å². The second kappa shape index (κ2) is 5.03. The molecule has 1 atom stereocenters. The first-order valence-corrected chi connectivity index (χ1v) is 6.49. The summed E-state index contributed by atoms with van der Waals surface area (Å²) < 4.78 is 0. The summed E-state index contributed by atoms with van der Waals surface area (Å²) in [6.07, 6.45) is 0. The summed E-state index contributed by atoms with van der Waals surface area (Å²) in [5.41, 5.74) is 2.75. The van der Waals surface area contributed by atoms with E-state index in [1.165, 1.54) is 0 Å². The Morgan fingerprint density at radius 1 is 1.32 bits per heavy atom. The van der Waals surface area contributed by atoms with E-state index in [4.69, 9.17) is 5.11 Å². The number of rotatable bonds is 3. The third-order valence-electron chi connectivity index (χ3n) is 3.92. The molecule has 1 aliphatic rings. The van der Waals surface area contributed by atoms with Crippen molar-refractivity contribution in [1.82, 2.24) is 4.90 Å². The Morgan fingerprint density at radius 2 is 1.95 bits per heavy atom. The van der Waals surface area contributed by atoms with Gasteiger partial charge in [-0.15, -0.1) is 0 Å². The smallest absolute Gasteiger partial charge is 0.306 e. The number of benzene rings is 1. The molecule has 102 valence electrons. The van der Waals surface area contributed by atoms with Crippen molar-refractivity contribution in [3.8, 4) is 0 Å². The third-order valence-corrected chi connectivity index (χ3v) is 3.92. The van der Waals surface area contributed by atoms with Crippen LogP contribution in [0.1, 0.15) is 28.4 Å². The average Bonchev–Trinajstić information content (AvgIpc) is 2.29. The Morgan fingerprint density at radius 3 is 2.53 bits per heavy atom. The van der Waals surface area contributed by atoms with E-state index in [1.54, 1.807) is 11.8 Å². The molecule has 1 aromatic carbocycles. The first-order chi connectivity index (χ1) is 8.90. The van der Waals surface area contributed by atoms with Crippen LogP contribution in [0.3, 0.4) is 0 Å². The zero-order valence-corrected chi connectivity index (χ0v) is 11.5. The van der Waals surface area contributed by atoms with E-state index in [1.807, 2.05) is 32.0 Å². The van der Waals surface area contributed by atoms with Gasteiger partial charge in [0.2, 0.25) is 0 Å². The monoisotopic (exact) mass is 261 g/mol. The minimum Gasteiger partial charge on any atom is -0.481 e. The normalized spacial score (nSPS) is 16.9. The zero-order chi connectivity index (χ0) is 14.2. The van der Waals surface area contributed by atoms with Gasteiger partial charge in [-0.1, -0.05) is 24.6 Å². The van der Waals surface area contributed by atoms with Gasteiger partial charge >= 0.3 is 5.97 Å². The van der Waals surface area contributed by atoms with Crippen LogP contribution >= 0.6 is 0 Å². The van der Waals surface area contributed by atoms with Crippen LogP contribution in [0, 0.1) is 25.7 Å². The molecule has 1 fully saturated rings. The molecular formula is C15H19NO3. The van der Waals surface area contributed by atoms with Crippen molar-refractivity contribution in [2.75, 3.05) is 13.1 Å². The second-order valence-corrected chi connectivity index (χ2v) is 5.42. The van der Waals surface area contributed by atoms with Crippen LogP contribution in [0.5, 0.6) is 0 Å². The van der Waals surface area contributed by atoms with Gasteiger partial charge in [-0.2, -0.15) is 0 Å². The number of carbonyl (C=O) groups excluding carboxylic acids is 1. The molecule has 1 unspecified atom stereocenters. The number of hydrogen-bond donors (Lipinski definition) is 1. The number of carboxylic acid groups (broad SMARTS) is 1. The fraction of sp³-hybridized carbons (Fsp3) is 0.467. The number of carbonyl (C=O) groups is 2. The van der Waals surface area contributed by atoms with Crippen LogP contribution in [0.2, 0.25) is 0 Å². The maximum Gasteiger partial charge on any atom is 0.306 e. The lowest BCUT2D eigenvalue weighted by Gasteiger charge is -2.41. The third kappa shape index (κ3) is 2.62. The lowest BCUT2D eigenvalue weighted by atomic mass is 9.86. The highest BCUT2D eigenvalue weighted by molar-refractivity contribution is 5.96. The van der Waals surface area contributed by atoms with Gasteiger partial charge in [0, 0.05) is 24.6 Å². The van der Waals surface area contributed by atoms with Gasteiger partial charge in [0.05, 0.1) is 5.92 Å². The Kier molecular flexibility index (Phi) is 3.60. The molecule has 1 aromatic rings. The van der Waals surface area contributed by atoms with Crippen LogP contribution in [-0.4, -0.2) is 35.0 Å². The lowest BCUT2D eigenvalue weighted by Crippen LogP contribution is -2.53. The van der Waals surface area contributed by atoms with E-state index < -0.39 is 5.97 Å². The van der Waals surface area contributed by atoms with Gasteiger partial charge in [-0.05, 0) is 25.5 Å². The van der Waals surface area contributed by atoms with Crippen molar-refractivity contribution in [3.05, 3.63) is 34.9 Å². The molecule has 0 spiro atoms. The molecule has 0 aromatic heterocycles. The van der Waals surface area contributed by atoms with Gasteiger partial charge in [0.25, 0.3) is 5.91 Å². The minimum atomic E-state index is -0.788. The molecule has 1 N–H and O–H groups in total. The van der Waals surface area contributed by atoms with E-state index in [-0.39, 0.29) is 17.7 Å². The van der Waals surface area contributed by atoms with Gasteiger partial charge in [0.1, 0.15) is 0 Å². The van der Waals surface area contributed by atoms with Crippen molar-refractivity contribution in [1.29, 1.82) is 0 Å². The summed E-state index contributed by atoms with van der Waals surface area (Å²) in [4.78, 5) is 24.9. The standard InChI is InChI=1S/C15H19NO3/c1-9-4-5-10(2)13(6-9)14(17)16-7-12(8-16)11(3)15(18)19/h4-6,11-12H,7-8H2,1-3H3,(H,18,19). The summed E-state index contributed by atoms with van der Waals surface area (Å²) in [6, 6.07) is 5.82. The Hall–Kier alpha value is -1.84. The molecule has 4 heteroatoms. The lowest BCUT2D eigenvalue weighted by molar-refractivity contribution is -0.144. The molecule has 4 nitrogen and oxygen atoms in total. The van der Waals surface area contributed by atoms with Crippen LogP contribution in [0.4, 0.5) is 0 Å². The highest BCUT2D eigenvalue weighted by atomic mass is 16.4. The number of amides is 1. The number of carboxylic acids is 1. The Bertz CT molecular complexity index is 518.